The molecule has 0 saturated heterocycles. The van der Waals surface area contributed by atoms with E-state index in [1.54, 1.807) is 37.3 Å². The van der Waals surface area contributed by atoms with Crippen LogP contribution in [-0.2, 0) is 9.59 Å². The van der Waals surface area contributed by atoms with Crippen molar-refractivity contribution in [2.24, 2.45) is 5.92 Å². The van der Waals surface area contributed by atoms with Crippen molar-refractivity contribution in [1.29, 1.82) is 0 Å². The smallest absolute Gasteiger partial charge is 0.262 e. The summed E-state index contributed by atoms with van der Waals surface area (Å²) >= 11 is 0. The van der Waals surface area contributed by atoms with Crippen molar-refractivity contribution >= 4 is 23.2 Å². The summed E-state index contributed by atoms with van der Waals surface area (Å²) < 4.78 is 10.0. The first-order chi connectivity index (χ1) is 11.1. The Labute approximate surface area is 133 Å². The van der Waals surface area contributed by atoms with Gasteiger partial charge in [0.15, 0.2) is 6.61 Å². The third kappa shape index (κ3) is 4.32. The molecule has 1 fully saturated rings. The van der Waals surface area contributed by atoms with Crippen molar-refractivity contribution in [3.8, 4) is 5.88 Å². The van der Waals surface area contributed by atoms with Crippen LogP contribution in [0.15, 0.2) is 34.9 Å². The summed E-state index contributed by atoms with van der Waals surface area (Å²) in [5.74, 6) is 0.797. The van der Waals surface area contributed by atoms with Crippen LogP contribution in [-0.4, -0.2) is 23.6 Å². The fourth-order valence-corrected chi connectivity index (χ4v) is 1.97. The highest BCUT2D eigenvalue weighted by Crippen LogP contribution is 2.30. The van der Waals surface area contributed by atoms with Crippen LogP contribution in [0.25, 0.3) is 0 Å². The third-order valence-electron chi connectivity index (χ3n) is 3.34. The number of aryl methyl sites for hydroxylation is 1. The summed E-state index contributed by atoms with van der Waals surface area (Å²) in [6.07, 6.45) is 1.93. The molecule has 0 spiro atoms. The summed E-state index contributed by atoms with van der Waals surface area (Å²) in [4.78, 5) is 23.4. The molecule has 1 aliphatic carbocycles. The van der Waals surface area contributed by atoms with E-state index in [4.69, 9.17) is 9.26 Å². The van der Waals surface area contributed by atoms with Crippen molar-refractivity contribution in [3.05, 3.63) is 36.1 Å². The van der Waals surface area contributed by atoms with Crippen LogP contribution in [0.3, 0.4) is 0 Å². The van der Waals surface area contributed by atoms with Crippen molar-refractivity contribution in [2.75, 3.05) is 17.2 Å². The first kappa shape index (κ1) is 15.1. The first-order valence-corrected chi connectivity index (χ1v) is 7.37. The number of hydrogen-bond acceptors (Lipinski definition) is 5. The van der Waals surface area contributed by atoms with E-state index in [0.717, 1.165) is 12.8 Å². The zero-order chi connectivity index (χ0) is 16.2. The molecule has 120 valence electrons. The number of aromatic nitrogens is 1. The molecule has 2 N–H and O–H groups in total. The highest BCUT2D eigenvalue weighted by Gasteiger charge is 2.29. The second-order valence-corrected chi connectivity index (χ2v) is 5.45. The Hall–Kier alpha value is -2.83. The monoisotopic (exact) mass is 315 g/mol. The quantitative estimate of drug-likeness (QED) is 0.853. The van der Waals surface area contributed by atoms with Gasteiger partial charge in [-0.2, -0.15) is 0 Å². The van der Waals surface area contributed by atoms with Gasteiger partial charge in [-0.05, 0) is 49.2 Å². The van der Waals surface area contributed by atoms with Gasteiger partial charge in [0.25, 0.3) is 11.8 Å². The lowest BCUT2D eigenvalue weighted by Gasteiger charge is -2.07. The molecule has 0 bridgehead atoms. The number of nitrogens with one attached hydrogen (secondary N) is 2. The summed E-state index contributed by atoms with van der Waals surface area (Å²) in [5.41, 5.74) is 1.34. The van der Waals surface area contributed by atoms with Gasteiger partial charge in [0.05, 0.1) is 0 Å². The number of rotatable bonds is 6. The summed E-state index contributed by atoms with van der Waals surface area (Å²) in [5, 5.41) is 9.17. The standard InChI is InChI=1S/C16H17N3O4/c1-10-8-15(19-23-10)22-9-14(20)17-12-4-6-13(7-5-12)18-16(21)11-2-3-11/h4-8,11H,2-3,9H2,1H3,(H,17,20)(H,18,21). The largest absolute Gasteiger partial charge is 0.465 e. The summed E-state index contributed by atoms with van der Waals surface area (Å²) in [7, 11) is 0. The number of hydrogen-bond donors (Lipinski definition) is 2. The van der Waals surface area contributed by atoms with E-state index in [2.05, 4.69) is 15.8 Å². The van der Waals surface area contributed by atoms with Crippen LogP contribution >= 0.6 is 0 Å². The van der Waals surface area contributed by atoms with Gasteiger partial charge >= 0.3 is 0 Å². The Morgan fingerprint density at radius 3 is 2.43 bits per heavy atom. The van der Waals surface area contributed by atoms with Gasteiger partial charge in [0.2, 0.25) is 5.91 Å². The highest BCUT2D eigenvalue weighted by molar-refractivity contribution is 5.95. The summed E-state index contributed by atoms with van der Waals surface area (Å²) in [6, 6.07) is 8.54. The number of carbonyl (C=O) groups is 2. The Morgan fingerprint density at radius 1 is 1.22 bits per heavy atom. The van der Waals surface area contributed by atoms with Gasteiger partial charge in [-0.15, -0.1) is 0 Å². The highest BCUT2D eigenvalue weighted by atomic mass is 16.5. The average Bonchev–Trinajstić information content (AvgIpc) is 3.30. The molecule has 1 aromatic carbocycles. The molecule has 0 atom stereocenters. The zero-order valence-corrected chi connectivity index (χ0v) is 12.7. The minimum Gasteiger partial charge on any atom is -0.465 e. The van der Waals surface area contributed by atoms with E-state index in [9.17, 15) is 9.59 Å². The van der Waals surface area contributed by atoms with Crippen LogP contribution in [0.1, 0.15) is 18.6 Å². The molecule has 23 heavy (non-hydrogen) atoms. The Kier molecular flexibility index (Phi) is 4.27. The van der Waals surface area contributed by atoms with Crippen molar-refractivity contribution in [2.45, 2.75) is 19.8 Å². The number of anilines is 2. The second kappa shape index (κ2) is 6.51. The molecule has 0 radical (unpaired) electrons. The molecule has 0 aliphatic heterocycles. The van der Waals surface area contributed by atoms with Crippen molar-refractivity contribution in [1.82, 2.24) is 5.16 Å². The van der Waals surface area contributed by atoms with Crippen LogP contribution in [0.4, 0.5) is 11.4 Å². The maximum absolute atomic E-state index is 11.8. The fourth-order valence-electron chi connectivity index (χ4n) is 1.97. The van der Waals surface area contributed by atoms with Crippen molar-refractivity contribution < 1.29 is 18.8 Å². The van der Waals surface area contributed by atoms with E-state index in [0.29, 0.717) is 17.1 Å². The molecule has 7 heteroatoms. The number of benzene rings is 1. The fraction of sp³-hybridized carbons (Fsp3) is 0.312. The lowest BCUT2D eigenvalue weighted by Crippen LogP contribution is -2.20. The predicted molar refractivity (Wildman–Crippen MR) is 83.2 cm³/mol. The van der Waals surface area contributed by atoms with Crippen LogP contribution < -0.4 is 15.4 Å². The average molecular weight is 315 g/mol. The predicted octanol–water partition coefficient (Wildman–Crippen LogP) is 2.35. The number of nitrogens with zero attached hydrogens (tertiary/aromatic N) is 1. The topological polar surface area (TPSA) is 93.5 Å². The zero-order valence-electron chi connectivity index (χ0n) is 12.7. The Bertz CT molecular complexity index is 704. The van der Waals surface area contributed by atoms with Crippen LogP contribution in [0, 0.1) is 12.8 Å². The van der Waals surface area contributed by atoms with Gasteiger partial charge in [-0.25, -0.2) is 0 Å². The Balaban J connectivity index is 1.47. The van der Waals surface area contributed by atoms with Gasteiger partial charge in [0.1, 0.15) is 5.76 Å². The van der Waals surface area contributed by atoms with E-state index in [-0.39, 0.29) is 30.2 Å². The molecular weight excluding hydrogens is 298 g/mol. The lowest BCUT2D eigenvalue weighted by molar-refractivity contribution is -0.118. The summed E-state index contributed by atoms with van der Waals surface area (Å²) in [6.45, 7) is 1.58. The SMILES string of the molecule is Cc1cc(OCC(=O)Nc2ccc(NC(=O)C3CC3)cc2)no1. The van der Waals surface area contributed by atoms with Gasteiger partial charge in [-0.1, -0.05) is 0 Å². The third-order valence-corrected chi connectivity index (χ3v) is 3.34. The number of ether oxygens (including phenoxy) is 1. The first-order valence-electron chi connectivity index (χ1n) is 7.37. The molecule has 1 aliphatic rings. The maximum atomic E-state index is 11.8. The van der Waals surface area contributed by atoms with Crippen LogP contribution in [0.2, 0.25) is 0 Å². The molecule has 0 unspecified atom stereocenters. The van der Waals surface area contributed by atoms with E-state index in [1.807, 2.05) is 0 Å². The molecule has 1 saturated carbocycles. The van der Waals surface area contributed by atoms with E-state index >= 15 is 0 Å². The van der Waals surface area contributed by atoms with E-state index < -0.39 is 0 Å². The molecule has 2 amide bonds. The second-order valence-electron chi connectivity index (χ2n) is 5.45. The minimum atomic E-state index is -0.305. The van der Waals surface area contributed by atoms with Gasteiger partial charge in [-0.3, -0.25) is 9.59 Å². The number of carbonyl (C=O) groups excluding carboxylic acids is 2. The van der Waals surface area contributed by atoms with Gasteiger partial charge < -0.3 is 19.9 Å². The lowest BCUT2D eigenvalue weighted by atomic mass is 10.2. The Morgan fingerprint density at radius 2 is 1.87 bits per heavy atom. The maximum Gasteiger partial charge on any atom is 0.262 e. The van der Waals surface area contributed by atoms with Gasteiger partial charge in [0, 0.05) is 23.4 Å². The molecule has 1 aromatic heterocycles. The molecule has 2 aromatic rings. The molecule has 1 heterocycles. The van der Waals surface area contributed by atoms with Crippen molar-refractivity contribution in [3.63, 3.8) is 0 Å². The molecule has 7 nitrogen and oxygen atoms in total. The van der Waals surface area contributed by atoms with Crippen LogP contribution in [0.5, 0.6) is 5.88 Å². The van der Waals surface area contributed by atoms with E-state index in [1.165, 1.54) is 0 Å². The normalized spacial score (nSPS) is 13.4. The minimum absolute atomic E-state index is 0.0538. The number of amides is 2. The molecule has 3 rings (SSSR count). The molecular formula is C16H17N3O4.